The minimum absolute atomic E-state index is 0.0385. The summed E-state index contributed by atoms with van der Waals surface area (Å²) in [6.07, 6.45) is 0.400. The fourth-order valence-corrected chi connectivity index (χ4v) is 3.02. The van der Waals surface area contributed by atoms with E-state index in [1.807, 2.05) is 30.8 Å². The van der Waals surface area contributed by atoms with Crippen molar-refractivity contribution in [1.29, 1.82) is 0 Å². The lowest BCUT2D eigenvalue weighted by Gasteiger charge is -2.30. The molecule has 1 aliphatic rings. The van der Waals surface area contributed by atoms with Crippen molar-refractivity contribution in [2.75, 3.05) is 6.54 Å². The number of aromatic nitrogens is 2. The van der Waals surface area contributed by atoms with Crippen molar-refractivity contribution >= 4 is 5.91 Å². The maximum absolute atomic E-state index is 12.6. The van der Waals surface area contributed by atoms with Crippen LogP contribution in [-0.4, -0.2) is 40.5 Å². The predicted molar refractivity (Wildman–Crippen MR) is 84.3 cm³/mol. The van der Waals surface area contributed by atoms with E-state index in [9.17, 15) is 18.0 Å². The molecule has 0 unspecified atom stereocenters. The van der Waals surface area contributed by atoms with Gasteiger partial charge in [0.2, 0.25) is 5.91 Å². The SMILES string of the molecule is C[C@H](NCC(=O)NC1CCC(C(F)(F)F)CC1)[C@H](C)n1cccn1. The van der Waals surface area contributed by atoms with Gasteiger partial charge < -0.3 is 10.6 Å². The van der Waals surface area contributed by atoms with Crippen molar-refractivity contribution in [2.45, 2.75) is 63.8 Å². The van der Waals surface area contributed by atoms with Gasteiger partial charge in [-0.3, -0.25) is 9.48 Å². The topological polar surface area (TPSA) is 59.0 Å². The molecule has 2 atom stereocenters. The third kappa shape index (κ3) is 5.22. The van der Waals surface area contributed by atoms with Crippen LogP contribution >= 0.6 is 0 Å². The normalized spacial score (nSPS) is 24.4. The average Bonchev–Trinajstić information content (AvgIpc) is 3.06. The van der Waals surface area contributed by atoms with E-state index in [4.69, 9.17) is 0 Å². The second kappa shape index (κ2) is 8.00. The Morgan fingerprint density at radius 2 is 1.96 bits per heavy atom. The largest absolute Gasteiger partial charge is 0.391 e. The lowest BCUT2D eigenvalue weighted by molar-refractivity contribution is -0.182. The molecule has 8 heteroatoms. The number of alkyl halides is 3. The van der Waals surface area contributed by atoms with Crippen molar-refractivity contribution < 1.29 is 18.0 Å². The van der Waals surface area contributed by atoms with Gasteiger partial charge in [-0.1, -0.05) is 0 Å². The van der Waals surface area contributed by atoms with Gasteiger partial charge in [0.05, 0.1) is 18.5 Å². The number of carbonyl (C=O) groups is 1. The maximum atomic E-state index is 12.6. The number of nitrogens with zero attached hydrogens (tertiary/aromatic N) is 2. The monoisotopic (exact) mass is 346 g/mol. The molecule has 0 spiro atoms. The highest BCUT2D eigenvalue weighted by Gasteiger charge is 2.41. The average molecular weight is 346 g/mol. The number of amides is 1. The van der Waals surface area contributed by atoms with Crippen LogP contribution in [0.15, 0.2) is 18.5 Å². The fourth-order valence-electron chi connectivity index (χ4n) is 3.02. The first kappa shape index (κ1) is 18.8. The van der Waals surface area contributed by atoms with Gasteiger partial charge in [0.25, 0.3) is 0 Å². The van der Waals surface area contributed by atoms with Gasteiger partial charge in [0.15, 0.2) is 0 Å². The van der Waals surface area contributed by atoms with Crippen LogP contribution in [0.3, 0.4) is 0 Å². The molecule has 1 aromatic heterocycles. The Labute approximate surface area is 140 Å². The summed E-state index contributed by atoms with van der Waals surface area (Å²) in [5, 5.41) is 10.1. The third-order valence-electron chi connectivity index (χ3n) is 4.81. The first-order valence-electron chi connectivity index (χ1n) is 8.36. The second-order valence-electron chi connectivity index (χ2n) is 6.55. The van der Waals surface area contributed by atoms with Gasteiger partial charge in [0, 0.05) is 24.5 Å². The highest BCUT2D eigenvalue weighted by atomic mass is 19.4. The lowest BCUT2D eigenvalue weighted by Crippen LogP contribution is -2.46. The van der Waals surface area contributed by atoms with Crippen LogP contribution in [-0.2, 0) is 4.79 Å². The molecule has 24 heavy (non-hydrogen) atoms. The number of carbonyl (C=O) groups excluding carboxylic acids is 1. The van der Waals surface area contributed by atoms with E-state index in [1.165, 1.54) is 0 Å². The summed E-state index contributed by atoms with van der Waals surface area (Å²) in [4.78, 5) is 12.0. The van der Waals surface area contributed by atoms with Crippen LogP contribution in [0.1, 0.15) is 45.6 Å². The standard InChI is InChI=1S/C16H25F3N4O/c1-11(12(2)23-9-3-8-21-23)20-10-15(24)22-14-6-4-13(5-7-14)16(17,18)19/h3,8-9,11-14,20H,4-7,10H2,1-2H3,(H,22,24)/t11-,12-,13?,14?/m0/s1. The Kier molecular flexibility index (Phi) is 6.26. The van der Waals surface area contributed by atoms with Crippen molar-refractivity contribution in [3.63, 3.8) is 0 Å². The molecule has 1 saturated carbocycles. The molecule has 2 rings (SSSR count). The zero-order valence-corrected chi connectivity index (χ0v) is 14.0. The van der Waals surface area contributed by atoms with Crippen molar-refractivity contribution in [3.05, 3.63) is 18.5 Å². The van der Waals surface area contributed by atoms with E-state index in [-0.39, 0.29) is 43.4 Å². The molecule has 1 aromatic rings. The van der Waals surface area contributed by atoms with Crippen LogP contribution < -0.4 is 10.6 Å². The minimum Gasteiger partial charge on any atom is -0.352 e. The summed E-state index contributed by atoms with van der Waals surface area (Å²) in [6, 6.07) is 1.82. The Bertz CT molecular complexity index is 510. The third-order valence-corrected chi connectivity index (χ3v) is 4.81. The summed E-state index contributed by atoms with van der Waals surface area (Å²) in [5.41, 5.74) is 0. The Balaban J connectivity index is 1.69. The number of halogens is 3. The molecule has 0 aromatic carbocycles. The molecule has 0 aliphatic heterocycles. The van der Waals surface area contributed by atoms with Gasteiger partial charge >= 0.3 is 6.18 Å². The summed E-state index contributed by atoms with van der Waals surface area (Å²) in [7, 11) is 0. The molecule has 136 valence electrons. The Hall–Kier alpha value is -1.57. The first-order valence-corrected chi connectivity index (χ1v) is 8.36. The van der Waals surface area contributed by atoms with E-state index in [0.717, 1.165) is 0 Å². The highest BCUT2D eigenvalue weighted by molar-refractivity contribution is 5.78. The summed E-state index contributed by atoms with van der Waals surface area (Å²) >= 11 is 0. The number of nitrogens with one attached hydrogen (secondary N) is 2. The van der Waals surface area contributed by atoms with E-state index in [2.05, 4.69) is 15.7 Å². The van der Waals surface area contributed by atoms with Gasteiger partial charge in [-0.25, -0.2) is 0 Å². The van der Waals surface area contributed by atoms with Gasteiger partial charge in [0.1, 0.15) is 0 Å². The van der Waals surface area contributed by atoms with E-state index < -0.39 is 12.1 Å². The predicted octanol–water partition coefficient (Wildman–Crippen LogP) is 2.66. The zero-order valence-electron chi connectivity index (χ0n) is 14.0. The van der Waals surface area contributed by atoms with E-state index in [0.29, 0.717) is 12.8 Å². The second-order valence-corrected chi connectivity index (χ2v) is 6.55. The first-order chi connectivity index (χ1) is 11.3. The zero-order chi connectivity index (χ0) is 17.7. The van der Waals surface area contributed by atoms with Crippen LogP contribution in [0.25, 0.3) is 0 Å². The van der Waals surface area contributed by atoms with Gasteiger partial charge in [-0.05, 0) is 45.6 Å². The van der Waals surface area contributed by atoms with Crippen molar-refractivity contribution in [1.82, 2.24) is 20.4 Å². The van der Waals surface area contributed by atoms with Crippen molar-refractivity contribution in [2.24, 2.45) is 5.92 Å². The van der Waals surface area contributed by atoms with Crippen molar-refractivity contribution in [3.8, 4) is 0 Å². The van der Waals surface area contributed by atoms with Crippen LogP contribution in [0.2, 0.25) is 0 Å². The smallest absolute Gasteiger partial charge is 0.352 e. The number of hydrogen-bond donors (Lipinski definition) is 2. The molecule has 1 fully saturated rings. The van der Waals surface area contributed by atoms with E-state index in [1.54, 1.807) is 6.20 Å². The number of rotatable bonds is 6. The van der Waals surface area contributed by atoms with Gasteiger partial charge in [-0.15, -0.1) is 0 Å². The van der Waals surface area contributed by atoms with E-state index >= 15 is 0 Å². The molecule has 2 N–H and O–H groups in total. The lowest BCUT2D eigenvalue weighted by atomic mass is 9.85. The Morgan fingerprint density at radius 1 is 1.29 bits per heavy atom. The maximum Gasteiger partial charge on any atom is 0.391 e. The number of hydrogen-bond acceptors (Lipinski definition) is 3. The molecule has 0 saturated heterocycles. The summed E-state index contributed by atoms with van der Waals surface area (Å²) in [5.74, 6) is -1.40. The molecule has 0 bridgehead atoms. The fraction of sp³-hybridized carbons (Fsp3) is 0.750. The van der Waals surface area contributed by atoms with Crippen LogP contribution in [0.4, 0.5) is 13.2 Å². The van der Waals surface area contributed by atoms with Gasteiger partial charge in [-0.2, -0.15) is 18.3 Å². The van der Waals surface area contributed by atoms with Crippen LogP contribution in [0, 0.1) is 5.92 Å². The molecule has 1 amide bonds. The quantitative estimate of drug-likeness (QED) is 0.833. The minimum atomic E-state index is -4.12. The molecular weight excluding hydrogens is 321 g/mol. The summed E-state index contributed by atoms with van der Waals surface area (Å²) < 4.78 is 39.7. The summed E-state index contributed by atoms with van der Waals surface area (Å²) in [6.45, 7) is 4.11. The molecule has 0 radical (unpaired) electrons. The highest BCUT2D eigenvalue weighted by Crippen LogP contribution is 2.37. The molecule has 1 heterocycles. The molecular formula is C16H25F3N4O. The Morgan fingerprint density at radius 3 is 2.50 bits per heavy atom. The molecule has 5 nitrogen and oxygen atoms in total. The molecule has 1 aliphatic carbocycles. The van der Waals surface area contributed by atoms with Crippen LogP contribution in [0.5, 0.6) is 0 Å².